The first-order valence-electron chi connectivity index (χ1n) is 5.52. The van der Waals surface area contributed by atoms with Crippen LogP contribution in [-0.4, -0.2) is 35.7 Å². The van der Waals surface area contributed by atoms with E-state index in [-0.39, 0.29) is 6.10 Å². The summed E-state index contributed by atoms with van der Waals surface area (Å²) in [5.41, 5.74) is 0. The van der Waals surface area contributed by atoms with E-state index in [9.17, 15) is 5.11 Å². The molecule has 0 bridgehead atoms. The van der Waals surface area contributed by atoms with Crippen LogP contribution in [0.2, 0.25) is 0 Å². The first-order valence-corrected chi connectivity index (χ1v) is 5.52. The number of aliphatic hydroxyl groups excluding tert-OH is 1. The van der Waals surface area contributed by atoms with E-state index in [0.29, 0.717) is 5.92 Å². The van der Waals surface area contributed by atoms with Crippen molar-refractivity contribution in [2.24, 2.45) is 17.8 Å². The second-order valence-corrected chi connectivity index (χ2v) is 4.35. The van der Waals surface area contributed by atoms with Gasteiger partial charge in [-0.3, -0.25) is 0 Å². The monoisotopic (exact) mass is 185 g/mol. The van der Waals surface area contributed by atoms with E-state index in [1.165, 1.54) is 0 Å². The highest BCUT2D eigenvalue weighted by atomic mass is 16.3. The van der Waals surface area contributed by atoms with E-state index in [1.807, 2.05) is 0 Å². The third-order valence-electron chi connectivity index (χ3n) is 3.69. The van der Waals surface area contributed by atoms with Crippen LogP contribution in [-0.2, 0) is 0 Å². The number of likely N-dealkylation sites (N-methyl/N-ethyl adjacent to an activating group) is 1. The summed E-state index contributed by atoms with van der Waals surface area (Å²) in [4.78, 5) is 2.29. The van der Waals surface area contributed by atoms with E-state index < -0.39 is 0 Å². The Morgan fingerprint density at radius 3 is 1.92 bits per heavy atom. The van der Waals surface area contributed by atoms with Gasteiger partial charge in [0.25, 0.3) is 0 Å². The summed E-state index contributed by atoms with van der Waals surface area (Å²) < 4.78 is 0. The number of aliphatic hydroxyl groups is 1. The molecule has 0 aliphatic heterocycles. The van der Waals surface area contributed by atoms with Crippen LogP contribution in [0.1, 0.15) is 27.7 Å². The van der Waals surface area contributed by atoms with Gasteiger partial charge in [0.1, 0.15) is 0 Å². The molecule has 3 unspecified atom stereocenters. The van der Waals surface area contributed by atoms with Crippen LogP contribution in [0.5, 0.6) is 0 Å². The Balaban J connectivity index is 2.28. The van der Waals surface area contributed by atoms with Gasteiger partial charge in [-0.15, -0.1) is 0 Å². The van der Waals surface area contributed by atoms with Crippen LogP contribution in [0.3, 0.4) is 0 Å². The molecule has 0 aromatic rings. The normalized spacial score (nSPS) is 35.1. The third-order valence-corrected chi connectivity index (χ3v) is 3.69. The van der Waals surface area contributed by atoms with Crippen molar-refractivity contribution in [3.63, 3.8) is 0 Å². The Kier molecular flexibility index (Phi) is 3.74. The van der Waals surface area contributed by atoms with Gasteiger partial charge in [0, 0.05) is 6.54 Å². The summed E-state index contributed by atoms with van der Waals surface area (Å²) in [5.74, 6) is 2.01. The molecule has 0 spiro atoms. The van der Waals surface area contributed by atoms with E-state index in [0.717, 1.165) is 31.5 Å². The highest BCUT2D eigenvalue weighted by Gasteiger charge is 2.47. The maximum Gasteiger partial charge on any atom is 0.0700 e. The number of nitrogens with zero attached hydrogens (tertiary/aromatic N) is 1. The standard InChI is InChI=1S/C11H23NO/c1-5-12(6-2)7-10(13)11-8(3)9(11)4/h8-11,13H,5-7H2,1-4H3. The van der Waals surface area contributed by atoms with Crippen molar-refractivity contribution in [3.05, 3.63) is 0 Å². The van der Waals surface area contributed by atoms with E-state index in [1.54, 1.807) is 0 Å². The molecule has 0 saturated heterocycles. The smallest absolute Gasteiger partial charge is 0.0700 e. The summed E-state index contributed by atoms with van der Waals surface area (Å²) in [7, 11) is 0. The predicted molar refractivity (Wildman–Crippen MR) is 55.6 cm³/mol. The topological polar surface area (TPSA) is 23.5 Å². The molecule has 13 heavy (non-hydrogen) atoms. The zero-order valence-electron chi connectivity index (χ0n) is 9.33. The van der Waals surface area contributed by atoms with E-state index >= 15 is 0 Å². The summed E-state index contributed by atoms with van der Waals surface area (Å²) in [6, 6.07) is 0. The van der Waals surface area contributed by atoms with Crippen LogP contribution in [0.4, 0.5) is 0 Å². The van der Waals surface area contributed by atoms with Gasteiger partial charge in [0.2, 0.25) is 0 Å². The Hall–Kier alpha value is -0.0800. The highest BCUT2D eigenvalue weighted by Crippen LogP contribution is 2.47. The van der Waals surface area contributed by atoms with Crippen LogP contribution >= 0.6 is 0 Å². The fourth-order valence-electron chi connectivity index (χ4n) is 2.27. The number of rotatable bonds is 5. The molecule has 0 amide bonds. The lowest BCUT2D eigenvalue weighted by Gasteiger charge is -2.22. The lowest BCUT2D eigenvalue weighted by atomic mass is 10.1. The molecule has 1 fully saturated rings. The molecule has 1 saturated carbocycles. The van der Waals surface area contributed by atoms with Crippen molar-refractivity contribution in [2.45, 2.75) is 33.8 Å². The van der Waals surface area contributed by atoms with Crippen molar-refractivity contribution >= 4 is 0 Å². The van der Waals surface area contributed by atoms with Crippen molar-refractivity contribution in [1.29, 1.82) is 0 Å². The minimum atomic E-state index is -0.107. The SMILES string of the molecule is CCN(CC)CC(O)C1C(C)C1C. The van der Waals surface area contributed by atoms with Gasteiger partial charge < -0.3 is 10.0 Å². The summed E-state index contributed by atoms with van der Waals surface area (Å²) in [6.45, 7) is 11.7. The van der Waals surface area contributed by atoms with Gasteiger partial charge in [-0.05, 0) is 30.8 Å². The lowest BCUT2D eigenvalue weighted by molar-refractivity contribution is 0.0929. The number of hydrogen-bond donors (Lipinski definition) is 1. The van der Waals surface area contributed by atoms with Crippen LogP contribution in [0, 0.1) is 17.8 Å². The predicted octanol–water partition coefficient (Wildman–Crippen LogP) is 1.59. The average molecular weight is 185 g/mol. The van der Waals surface area contributed by atoms with Crippen LogP contribution in [0.25, 0.3) is 0 Å². The first-order chi connectivity index (χ1) is 6.11. The average Bonchev–Trinajstić information content (AvgIpc) is 2.70. The van der Waals surface area contributed by atoms with Gasteiger partial charge in [-0.25, -0.2) is 0 Å². The van der Waals surface area contributed by atoms with E-state index in [2.05, 4.69) is 32.6 Å². The molecule has 3 atom stereocenters. The first kappa shape index (κ1) is 11.0. The van der Waals surface area contributed by atoms with Gasteiger partial charge >= 0.3 is 0 Å². The molecule has 1 aliphatic carbocycles. The van der Waals surface area contributed by atoms with Gasteiger partial charge in [0.05, 0.1) is 6.10 Å². The van der Waals surface area contributed by atoms with Crippen LogP contribution < -0.4 is 0 Å². The molecule has 2 heteroatoms. The molecule has 2 nitrogen and oxygen atoms in total. The molecule has 1 rings (SSSR count). The second kappa shape index (κ2) is 4.43. The van der Waals surface area contributed by atoms with Gasteiger partial charge in [-0.2, -0.15) is 0 Å². The minimum absolute atomic E-state index is 0.107. The molecular weight excluding hydrogens is 162 g/mol. The van der Waals surface area contributed by atoms with Gasteiger partial charge in [0.15, 0.2) is 0 Å². The lowest BCUT2D eigenvalue weighted by Crippen LogP contribution is -2.33. The van der Waals surface area contributed by atoms with Crippen molar-refractivity contribution in [1.82, 2.24) is 4.90 Å². The van der Waals surface area contributed by atoms with Crippen LogP contribution in [0.15, 0.2) is 0 Å². The highest BCUT2D eigenvalue weighted by molar-refractivity contribution is 4.96. The molecule has 0 aromatic heterocycles. The second-order valence-electron chi connectivity index (χ2n) is 4.35. The molecule has 1 aliphatic rings. The Morgan fingerprint density at radius 1 is 1.15 bits per heavy atom. The maximum atomic E-state index is 9.92. The maximum absolute atomic E-state index is 9.92. The fourth-order valence-corrected chi connectivity index (χ4v) is 2.27. The van der Waals surface area contributed by atoms with Gasteiger partial charge in [-0.1, -0.05) is 27.7 Å². The number of hydrogen-bond acceptors (Lipinski definition) is 2. The molecule has 0 heterocycles. The Morgan fingerprint density at radius 2 is 1.62 bits per heavy atom. The quantitative estimate of drug-likeness (QED) is 0.703. The van der Waals surface area contributed by atoms with Crippen molar-refractivity contribution < 1.29 is 5.11 Å². The van der Waals surface area contributed by atoms with Crippen molar-refractivity contribution in [2.75, 3.05) is 19.6 Å². The minimum Gasteiger partial charge on any atom is -0.391 e. The largest absolute Gasteiger partial charge is 0.391 e. The fraction of sp³-hybridized carbons (Fsp3) is 1.00. The summed E-state index contributed by atoms with van der Waals surface area (Å²) >= 11 is 0. The zero-order chi connectivity index (χ0) is 10.0. The summed E-state index contributed by atoms with van der Waals surface area (Å²) in [5, 5.41) is 9.92. The van der Waals surface area contributed by atoms with Crippen molar-refractivity contribution in [3.8, 4) is 0 Å². The molecular formula is C11H23NO. The molecule has 78 valence electrons. The molecule has 0 aromatic carbocycles. The molecule has 0 radical (unpaired) electrons. The Labute approximate surface area is 81.9 Å². The molecule has 1 N–H and O–H groups in total. The Bertz CT molecular complexity index is 148. The van der Waals surface area contributed by atoms with E-state index in [4.69, 9.17) is 0 Å². The summed E-state index contributed by atoms with van der Waals surface area (Å²) in [6.07, 6.45) is -0.107. The third kappa shape index (κ3) is 2.44. The zero-order valence-corrected chi connectivity index (χ0v) is 9.33.